The van der Waals surface area contributed by atoms with Crippen molar-refractivity contribution in [1.82, 2.24) is 4.31 Å². The van der Waals surface area contributed by atoms with Gasteiger partial charge in [0.2, 0.25) is 10.0 Å². The number of rotatable bonds is 3. The highest BCUT2D eigenvalue weighted by Crippen LogP contribution is 2.23. The van der Waals surface area contributed by atoms with E-state index in [1.165, 1.54) is 22.9 Å². The Kier molecular flexibility index (Phi) is 3.21. The second-order valence-corrected chi connectivity index (χ2v) is 5.91. The monoisotopic (exact) mass is 259 g/mol. The van der Waals surface area contributed by atoms with Gasteiger partial charge in [0, 0.05) is 13.1 Å². The summed E-state index contributed by atoms with van der Waals surface area (Å²) in [6.45, 7) is 0.481. The van der Waals surface area contributed by atoms with Crippen molar-refractivity contribution in [3.63, 3.8) is 0 Å². The summed E-state index contributed by atoms with van der Waals surface area (Å²) >= 11 is 0. The molecule has 1 saturated heterocycles. The predicted octanol–water partition coefficient (Wildman–Crippen LogP) is 0.765. The topological polar surface area (TPSA) is 87.8 Å². The van der Waals surface area contributed by atoms with Crippen LogP contribution in [0.15, 0.2) is 27.9 Å². The van der Waals surface area contributed by atoms with Crippen molar-refractivity contribution in [2.24, 2.45) is 5.92 Å². The Labute approximate surface area is 98.9 Å². The van der Waals surface area contributed by atoms with E-state index in [1.807, 2.05) is 0 Å². The molecule has 1 fully saturated rings. The van der Waals surface area contributed by atoms with Gasteiger partial charge in [0.1, 0.15) is 11.2 Å². The number of carboxylic acids is 1. The third kappa shape index (κ3) is 2.34. The van der Waals surface area contributed by atoms with Gasteiger partial charge in [-0.1, -0.05) is 0 Å². The average molecular weight is 259 g/mol. The number of hydrogen-bond donors (Lipinski definition) is 1. The number of furan rings is 1. The van der Waals surface area contributed by atoms with E-state index in [0.29, 0.717) is 12.8 Å². The predicted molar refractivity (Wildman–Crippen MR) is 57.8 cm³/mol. The van der Waals surface area contributed by atoms with Crippen LogP contribution in [0.3, 0.4) is 0 Å². The highest BCUT2D eigenvalue weighted by molar-refractivity contribution is 7.89. The number of nitrogens with zero attached hydrogens (tertiary/aromatic N) is 1. The summed E-state index contributed by atoms with van der Waals surface area (Å²) in [5, 5.41) is 8.83. The second kappa shape index (κ2) is 4.50. The Morgan fingerprint density at radius 1 is 1.41 bits per heavy atom. The van der Waals surface area contributed by atoms with Gasteiger partial charge in [0.15, 0.2) is 0 Å². The molecule has 0 atom stereocenters. The molecule has 2 rings (SSSR count). The van der Waals surface area contributed by atoms with E-state index < -0.39 is 21.9 Å². The minimum atomic E-state index is -3.52. The summed E-state index contributed by atoms with van der Waals surface area (Å²) < 4.78 is 30.1. The van der Waals surface area contributed by atoms with Crippen molar-refractivity contribution < 1.29 is 22.7 Å². The number of sulfonamides is 1. The molecule has 0 aromatic carbocycles. The van der Waals surface area contributed by atoms with Gasteiger partial charge in [0.05, 0.1) is 12.2 Å². The smallest absolute Gasteiger partial charge is 0.306 e. The number of hydrogen-bond acceptors (Lipinski definition) is 4. The first kappa shape index (κ1) is 12.1. The van der Waals surface area contributed by atoms with E-state index in [-0.39, 0.29) is 18.0 Å². The lowest BCUT2D eigenvalue weighted by Crippen LogP contribution is -2.40. The van der Waals surface area contributed by atoms with Gasteiger partial charge in [0.25, 0.3) is 0 Å². The van der Waals surface area contributed by atoms with Gasteiger partial charge in [-0.3, -0.25) is 4.79 Å². The highest BCUT2D eigenvalue weighted by atomic mass is 32.2. The molecule has 0 spiro atoms. The fourth-order valence-corrected chi connectivity index (χ4v) is 3.29. The van der Waals surface area contributed by atoms with Crippen LogP contribution in [0.1, 0.15) is 12.8 Å². The van der Waals surface area contributed by atoms with E-state index in [0.717, 1.165) is 0 Å². The molecule has 2 heterocycles. The fraction of sp³-hybridized carbons (Fsp3) is 0.500. The Bertz CT molecular complexity index is 485. The fourth-order valence-electron chi connectivity index (χ4n) is 1.89. The molecule has 1 aliphatic heterocycles. The zero-order valence-corrected chi connectivity index (χ0v) is 9.89. The molecule has 17 heavy (non-hydrogen) atoms. The van der Waals surface area contributed by atoms with Crippen LogP contribution in [-0.2, 0) is 14.8 Å². The quantitative estimate of drug-likeness (QED) is 0.866. The second-order valence-electron chi connectivity index (χ2n) is 3.98. The molecule has 0 saturated carbocycles. The van der Waals surface area contributed by atoms with Crippen molar-refractivity contribution >= 4 is 16.0 Å². The van der Waals surface area contributed by atoms with Crippen LogP contribution < -0.4 is 0 Å². The molecule has 1 aliphatic rings. The van der Waals surface area contributed by atoms with Crippen LogP contribution >= 0.6 is 0 Å². The van der Waals surface area contributed by atoms with Crippen molar-refractivity contribution in [2.45, 2.75) is 17.7 Å². The van der Waals surface area contributed by atoms with Gasteiger partial charge in [-0.25, -0.2) is 8.42 Å². The number of piperidine rings is 1. The lowest BCUT2D eigenvalue weighted by molar-refractivity contribution is -0.142. The molecule has 0 bridgehead atoms. The van der Waals surface area contributed by atoms with Crippen LogP contribution in [0.5, 0.6) is 0 Å². The first-order valence-electron chi connectivity index (χ1n) is 5.27. The van der Waals surface area contributed by atoms with Crippen LogP contribution in [0, 0.1) is 5.92 Å². The average Bonchev–Trinajstić information content (AvgIpc) is 2.83. The SMILES string of the molecule is O=C(O)C1CCN(S(=O)(=O)c2ccoc2)CC1. The summed E-state index contributed by atoms with van der Waals surface area (Å²) in [7, 11) is -3.52. The van der Waals surface area contributed by atoms with Crippen molar-refractivity contribution in [3.8, 4) is 0 Å². The molecule has 6 nitrogen and oxygen atoms in total. The Balaban J connectivity index is 2.09. The lowest BCUT2D eigenvalue weighted by Gasteiger charge is -2.28. The normalized spacial score (nSPS) is 19.3. The number of aliphatic carboxylic acids is 1. The first-order valence-corrected chi connectivity index (χ1v) is 6.71. The molecular formula is C10H13NO5S. The number of carboxylic acid groups (broad SMARTS) is 1. The maximum atomic E-state index is 12.0. The summed E-state index contributed by atoms with van der Waals surface area (Å²) in [6, 6.07) is 1.39. The molecule has 0 radical (unpaired) electrons. The zero-order chi connectivity index (χ0) is 12.5. The maximum absolute atomic E-state index is 12.0. The third-order valence-electron chi connectivity index (χ3n) is 2.94. The molecule has 1 aromatic heterocycles. The molecular weight excluding hydrogens is 246 g/mol. The molecule has 7 heteroatoms. The minimum Gasteiger partial charge on any atom is -0.481 e. The minimum absolute atomic E-state index is 0.117. The van der Waals surface area contributed by atoms with Crippen LogP contribution in [0.2, 0.25) is 0 Å². The lowest BCUT2D eigenvalue weighted by atomic mass is 9.99. The van der Waals surface area contributed by atoms with Crippen molar-refractivity contribution in [1.29, 1.82) is 0 Å². The summed E-state index contributed by atoms with van der Waals surface area (Å²) in [5.41, 5.74) is 0. The summed E-state index contributed by atoms with van der Waals surface area (Å²) in [5.74, 6) is -1.30. The summed E-state index contributed by atoms with van der Waals surface area (Å²) in [4.78, 5) is 10.9. The largest absolute Gasteiger partial charge is 0.481 e. The van der Waals surface area contributed by atoms with Crippen LogP contribution in [-0.4, -0.2) is 36.9 Å². The van der Waals surface area contributed by atoms with E-state index in [9.17, 15) is 13.2 Å². The van der Waals surface area contributed by atoms with Crippen LogP contribution in [0.25, 0.3) is 0 Å². The third-order valence-corrected chi connectivity index (χ3v) is 4.81. The molecule has 0 unspecified atom stereocenters. The van der Waals surface area contributed by atoms with Gasteiger partial charge in [-0.2, -0.15) is 4.31 Å². The van der Waals surface area contributed by atoms with Gasteiger partial charge >= 0.3 is 5.97 Å². The zero-order valence-electron chi connectivity index (χ0n) is 9.07. The van der Waals surface area contributed by atoms with E-state index >= 15 is 0 Å². The molecule has 0 amide bonds. The Morgan fingerprint density at radius 2 is 2.06 bits per heavy atom. The Morgan fingerprint density at radius 3 is 2.53 bits per heavy atom. The highest BCUT2D eigenvalue weighted by Gasteiger charge is 2.32. The van der Waals surface area contributed by atoms with Crippen molar-refractivity contribution in [2.75, 3.05) is 13.1 Å². The van der Waals surface area contributed by atoms with Gasteiger partial charge < -0.3 is 9.52 Å². The summed E-state index contributed by atoms with van der Waals surface area (Å²) in [6.07, 6.45) is 3.19. The molecule has 94 valence electrons. The van der Waals surface area contributed by atoms with Crippen LogP contribution in [0.4, 0.5) is 0 Å². The molecule has 1 N–H and O–H groups in total. The standard InChI is InChI=1S/C10H13NO5S/c12-10(13)8-1-4-11(5-2-8)17(14,15)9-3-6-16-7-9/h3,6-8H,1-2,4-5H2,(H,12,13). The van der Waals surface area contributed by atoms with E-state index in [4.69, 9.17) is 9.52 Å². The van der Waals surface area contributed by atoms with Gasteiger partial charge in [-0.05, 0) is 18.9 Å². The van der Waals surface area contributed by atoms with Gasteiger partial charge in [-0.15, -0.1) is 0 Å². The van der Waals surface area contributed by atoms with E-state index in [2.05, 4.69) is 0 Å². The molecule has 0 aliphatic carbocycles. The number of carbonyl (C=O) groups is 1. The Hall–Kier alpha value is -1.34. The first-order chi connectivity index (χ1) is 8.01. The van der Waals surface area contributed by atoms with Crippen molar-refractivity contribution in [3.05, 3.63) is 18.6 Å². The molecule has 1 aromatic rings. The van der Waals surface area contributed by atoms with E-state index in [1.54, 1.807) is 0 Å². The maximum Gasteiger partial charge on any atom is 0.306 e.